The van der Waals surface area contributed by atoms with Crippen molar-refractivity contribution >= 4 is 5.95 Å². The van der Waals surface area contributed by atoms with Crippen LogP contribution in [0, 0.1) is 18.8 Å². The molecule has 3 nitrogen and oxygen atoms in total. The van der Waals surface area contributed by atoms with Gasteiger partial charge in [0.25, 0.3) is 0 Å². The van der Waals surface area contributed by atoms with E-state index in [1.165, 1.54) is 32.1 Å². The minimum absolute atomic E-state index is 0.620. The zero-order valence-corrected chi connectivity index (χ0v) is 11.8. The van der Waals surface area contributed by atoms with E-state index < -0.39 is 0 Å². The highest BCUT2D eigenvalue weighted by Gasteiger charge is 2.33. The lowest BCUT2D eigenvalue weighted by Gasteiger charge is -2.22. The molecule has 0 aromatic carbocycles. The topological polar surface area (TPSA) is 29.9 Å². The van der Waals surface area contributed by atoms with Gasteiger partial charge in [-0.3, -0.25) is 0 Å². The minimum Gasteiger partial charge on any atom is -0.353 e. The molecule has 2 fully saturated rings. The van der Waals surface area contributed by atoms with Gasteiger partial charge in [-0.1, -0.05) is 20.3 Å². The molecule has 2 aliphatic carbocycles. The third-order valence-electron chi connectivity index (χ3n) is 4.86. The van der Waals surface area contributed by atoms with Gasteiger partial charge >= 0.3 is 0 Å². The average molecular weight is 247 g/mol. The van der Waals surface area contributed by atoms with E-state index in [2.05, 4.69) is 41.8 Å². The van der Waals surface area contributed by atoms with Gasteiger partial charge < -0.3 is 9.88 Å². The molecule has 2 aliphatic rings. The second kappa shape index (κ2) is 4.60. The van der Waals surface area contributed by atoms with Gasteiger partial charge in [-0.15, -0.1) is 0 Å². The lowest BCUT2D eigenvalue weighted by molar-refractivity contribution is 0.390. The summed E-state index contributed by atoms with van der Waals surface area (Å²) < 4.78 is 2.36. The quantitative estimate of drug-likeness (QED) is 0.878. The zero-order chi connectivity index (χ0) is 12.7. The highest BCUT2D eigenvalue weighted by atomic mass is 15.2. The molecule has 0 aliphatic heterocycles. The van der Waals surface area contributed by atoms with Crippen molar-refractivity contribution in [2.45, 2.75) is 65.0 Å². The summed E-state index contributed by atoms with van der Waals surface area (Å²) in [5.74, 6) is 2.79. The standard InChI is InChI=1S/C15H25N3/c1-4-12-5-8-14(11(12)3)17-15-16-10(2)9-18(15)13-6-7-13/h9,11-14H,4-8H2,1-3H3,(H,16,17). The maximum Gasteiger partial charge on any atom is 0.203 e. The van der Waals surface area contributed by atoms with Crippen molar-refractivity contribution in [2.75, 3.05) is 5.32 Å². The smallest absolute Gasteiger partial charge is 0.203 e. The van der Waals surface area contributed by atoms with Gasteiger partial charge in [-0.05, 0) is 44.4 Å². The molecule has 0 spiro atoms. The molecule has 0 radical (unpaired) electrons. The Bertz CT molecular complexity index is 419. The number of anilines is 1. The van der Waals surface area contributed by atoms with Gasteiger partial charge in [-0.25, -0.2) is 4.98 Å². The number of rotatable bonds is 4. The predicted molar refractivity (Wildman–Crippen MR) is 74.8 cm³/mol. The molecule has 2 saturated carbocycles. The van der Waals surface area contributed by atoms with E-state index in [0.717, 1.165) is 23.5 Å². The summed E-state index contributed by atoms with van der Waals surface area (Å²) in [5, 5.41) is 3.72. The number of nitrogens with zero attached hydrogens (tertiary/aromatic N) is 2. The highest BCUT2D eigenvalue weighted by Crippen LogP contribution is 2.39. The van der Waals surface area contributed by atoms with Crippen LogP contribution in [0.3, 0.4) is 0 Å². The zero-order valence-electron chi connectivity index (χ0n) is 11.8. The fraction of sp³-hybridized carbons (Fsp3) is 0.800. The van der Waals surface area contributed by atoms with Gasteiger partial charge in [-0.2, -0.15) is 0 Å². The fourth-order valence-electron chi connectivity index (χ4n) is 3.45. The first-order chi connectivity index (χ1) is 8.69. The number of hydrogen-bond acceptors (Lipinski definition) is 2. The van der Waals surface area contributed by atoms with E-state index in [9.17, 15) is 0 Å². The fourth-order valence-corrected chi connectivity index (χ4v) is 3.45. The van der Waals surface area contributed by atoms with Gasteiger partial charge in [0.1, 0.15) is 0 Å². The third-order valence-corrected chi connectivity index (χ3v) is 4.86. The van der Waals surface area contributed by atoms with Crippen molar-refractivity contribution < 1.29 is 0 Å². The van der Waals surface area contributed by atoms with E-state index in [-0.39, 0.29) is 0 Å². The van der Waals surface area contributed by atoms with E-state index in [4.69, 9.17) is 0 Å². The summed E-state index contributed by atoms with van der Waals surface area (Å²) in [5.41, 5.74) is 1.14. The summed E-state index contributed by atoms with van der Waals surface area (Å²) in [4.78, 5) is 4.67. The normalized spacial score (nSPS) is 31.8. The van der Waals surface area contributed by atoms with Crippen molar-refractivity contribution in [3.05, 3.63) is 11.9 Å². The van der Waals surface area contributed by atoms with Crippen LogP contribution < -0.4 is 5.32 Å². The molecule has 1 N–H and O–H groups in total. The lowest BCUT2D eigenvalue weighted by Crippen LogP contribution is -2.26. The Morgan fingerprint density at radius 1 is 1.33 bits per heavy atom. The molecule has 1 heterocycles. The predicted octanol–water partition coefficient (Wildman–Crippen LogP) is 3.76. The van der Waals surface area contributed by atoms with Crippen LogP contribution >= 0.6 is 0 Å². The Hall–Kier alpha value is -0.990. The van der Waals surface area contributed by atoms with Gasteiger partial charge in [0.15, 0.2) is 0 Å². The second-order valence-corrected chi connectivity index (χ2v) is 6.20. The van der Waals surface area contributed by atoms with E-state index in [1.54, 1.807) is 0 Å². The summed E-state index contributed by atoms with van der Waals surface area (Å²) in [7, 11) is 0. The third kappa shape index (κ3) is 2.15. The van der Waals surface area contributed by atoms with Crippen LogP contribution in [0.1, 0.15) is 57.7 Å². The summed E-state index contributed by atoms with van der Waals surface area (Å²) in [6.07, 6.45) is 8.84. The molecule has 100 valence electrons. The maximum absolute atomic E-state index is 4.67. The minimum atomic E-state index is 0.620. The van der Waals surface area contributed by atoms with Crippen molar-refractivity contribution in [3.8, 4) is 0 Å². The maximum atomic E-state index is 4.67. The van der Waals surface area contributed by atoms with Crippen LogP contribution in [0.4, 0.5) is 5.95 Å². The monoisotopic (exact) mass is 247 g/mol. The SMILES string of the molecule is CCC1CCC(Nc2nc(C)cn2C2CC2)C1C. The average Bonchev–Trinajstić information content (AvgIpc) is 3.05. The Kier molecular flexibility index (Phi) is 3.08. The first-order valence-electron chi connectivity index (χ1n) is 7.51. The highest BCUT2D eigenvalue weighted by molar-refractivity contribution is 5.32. The molecule has 1 aromatic heterocycles. The van der Waals surface area contributed by atoms with Crippen LogP contribution in [-0.4, -0.2) is 15.6 Å². The first-order valence-corrected chi connectivity index (χ1v) is 7.51. The molecule has 3 atom stereocenters. The Morgan fingerprint density at radius 3 is 2.72 bits per heavy atom. The van der Waals surface area contributed by atoms with E-state index in [0.29, 0.717) is 12.1 Å². The molecule has 3 unspecified atom stereocenters. The van der Waals surface area contributed by atoms with Gasteiger partial charge in [0, 0.05) is 18.3 Å². The number of nitrogens with one attached hydrogen (secondary N) is 1. The molecule has 0 bridgehead atoms. The molecular formula is C15H25N3. The van der Waals surface area contributed by atoms with Gasteiger partial charge in [0.05, 0.1) is 5.69 Å². The molecule has 0 saturated heterocycles. The Labute approximate surface area is 110 Å². The molecule has 18 heavy (non-hydrogen) atoms. The summed E-state index contributed by atoms with van der Waals surface area (Å²) in [6, 6.07) is 1.33. The Balaban J connectivity index is 1.73. The second-order valence-electron chi connectivity index (χ2n) is 6.20. The summed E-state index contributed by atoms with van der Waals surface area (Å²) in [6.45, 7) is 6.81. The molecular weight excluding hydrogens is 222 g/mol. The molecule has 3 rings (SSSR count). The van der Waals surface area contributed by atoms with Crippen molar-refractivity contribution in [2.24, 2.45) is 11.8 Å². The van der Waals surface area contributed by atoms with Crippen LogP contribution in [0.5, 0.6) is 0 Å². The van der Waals surface area contributed by atoms with Crippen molar-refractivity contribution in [1.82, 2.24) is 9.55 Å². The van der Waals surface area contributed by atoms with Crippen LogP contribution in [0.2, 0.25) is 0 Å². The van der Waals surface area contributed by atoms with E-state index >= 15 is 0 Å². The van der Waals surface area contributed by atoms with Crippen molar-refractivity contribution in [3.63, 3.8) is 0 Å². The number of aryl methyl sites for hydroxylation is 1. The Morgan fingerprint density at radius 2 is 2.11 bits per heavy atom. The summed E-state index contributed by atoms with van der Waals surface area (Å²) >= 11 is 0. The first kappa shape index (κ1) is 12.1. The van der Waals surface area contributed by atoms with Crippen LogP contribution in [0.25, 0.3) is 0 Å². The van der Waals surface area contributed by atoms with E-state index in [1.807, 2.05) is 0 Å². The number of aromatic nitrogens is 2. The molecule has 0 amide bonds. The van der Waals surface area contributed by atoms with Crippen molar-refractivity contribution in [1.29, 1.82) is 0 Å². The number of hydrogen-bond donors (Lipinski definition) is 1. The lowest BCUT2D eigenvalue weighted by atomic mass is 9.94. The largest absolute Gasteiger partial charge is 0.353 e. The molecule has 1 aromatic rings. The van der Waals surface area contributed by atoms with Crippen LogP contribution in [-0.2, 0) is 0 Å². The molecule has 3 heteroatoms. The van der Waals surface area contributed by atoms with Crippen LogP contribution in [0.15, 0.2) is 6.20 Å². The number of imidazole rings is 1. The van der Waals surface area contributed by atoms with Gasteiger partial charge in [0.2, 0.25) is 5.95 Å².